The number of amides is 1. The topological polar surface area (TPSA) is 85.4 Å². The van der Waals surface area contributed by atoms with Gasteiger partial charge >= 0.3 is 0 Å². The highest BCUT2D eigenvalue weighted by Crippen LogP contribution is 2.25. The van der Waals surface area contributed by atoms with Crippen LogP contribution in [-0.2, 0) is 4.74 Å². The molecule has 0 saturated carbocycles. The van der Waals surface area contributed by atoms with Gasteiger partial charge in [-0.15, -0.1) is 0 Å². The number of para-hydroxylation sites is 2. The molecule has 0 aliphatic carbocycles. The van der Waals surface area contributed by atoms with Crippen molar-refractivity contribution in [3.63, 3.8) is 0 Å². The van der Waals surface area contributed by atoms with Crippen molar-refractivity contribution in [1.82, 2.24) is 9.97 Å². The number of hydrogen-bond donors (Lipinski definition) is 2. The first-order valence-corrected chi connectivity index (χ1v) is 7.72. The van der Waals surface area contributed by atoms with Crippen molar-refractivity contribution < 1.29 is 14.3 Å². The van der Waals surface area contributed by atoms with Crippen LogP contribution in [0.25, 0.3) is 0 Å². The van der Waals surface area contributed by atoms with Crippen molar-refractivity contribution in [2.24, 2.45) is 0 Å². The maximum atomic E-state index is 12.3. The molecule has 0 spiro atoms. The molecule has 1 aromatic carbocycles. The number of carbonyl (C=O) groups excluding carboxylic acids is 1. The van der Waals surface area contributed by atoms with E-state index in [0.717, 1.165) is 0 Å². The standard InChI is InChI=1S/C17H22N4O3/c1-12(2)24-15-7-5-4-6-14(15)21-16(22)13-10-19-17(20-11-13)18-8-9-23-3/h4-7,10-12H,8-9H2,1-3H3,(H,21,22)(H,18,19,20). The Labute approximate surface area is 141 Å². The molecule has 0 radical (unpaired) electrons. The van der Waals surface area contributed by atoms with Gasteiger partial charge in [-0.25, -0.2) is 9.97 Å². The lowest BCUT2D eigenvalue weighted by Crippen LogP contribution is -2.16. The Morgan fingerprint density at radius 3 is 2.58 bits per heavy atom. The SMILES string of the molecule is COCCNc1ncc(C(=O)Nc2ccccc2OC(C)C)cn1. The Bertz CT molecular complexity index is 659. The minimum atomic E-state index is -0.293. The summed E-state index contributed by atoms with van der Waals surface area (Å²) in [7, 11) is 1.62. The van der Waals surface area contributed by atoms with Crippen LogP contribution < -0.4 is 15.4 Å². The van der Waals surface area contributed by atoms with Crippen LogP contribution in [-0.4, -0.2) is 42.2 Å². The molecule has 0 aliphatic heterocycles. The molecule has 1 aromatic heterocycles. The lowest BCUT2D eigenvalue weighted by atomic mass is 10.2. The van der Waals surface area contributed by atoms with Crippen molar-refractivity contribution in [2.45, 2.75) is 20.0 Å². The summed E-state index contributed by atoms with van der Waals surface area (Å²) in [5, 5.41) is 5.81. The quantitative estimate of drug-likeness (QED) is 0.724. The van der Waals surface area contributed by atoms with Crippen LogP contribution in [0.2, 0.25) is 0 Å². The van der Waals surface area contributed by atoms with E-state index >= 15 is 0 Å². The van der Waals surface area contributed by atoms with Gasteiger partial charge < -0.3 is 20.1 Å². The Morgan fingerprint density at radius 2 is 1.92 bits per heavy atom. The number of anilines is 2. The highest BCUT2D eigenvalue weighted by atomic mass is 16.5. The first-order valence-electron chi connectivity index (χ1n) is 7.72. The molecule has 2 N–H and O–H groups in total. The van der Waals surface area contributed by atoms with Crippen LogP contribution in [0.3, 0.4) is 0 Å². The molecule has 7 heteroatoms. The highest BCUT2D eigenvalue weighted by Gasteiger charge is 2.11. The van der Waals surface area contributed by atoms with Crippen LogP contribution >= 0.6 is 0 Å². The number of carbonyl (C=O) groups is 1. The molecule has 0 bridgehead atoms. The largest absolute Gasteiger partial charge is 0.489 e. The summed E-state index contributed by atoms with van der Waals surface area (Å²) in [5.74, 6) is 0.782. The molecule has 0 aliphatic rings. The second-order valence-corrected chi connectivity index (χ2v) is 5.33. The van der Waals surface area contributed by atoms with Gasteiger partial charge in [0.15, 0.2) is 0 Å². The summed E-state index contributed by atoms with van der Waals surface area (Å²) in [4.78, 5) is 20.6. The fourth-order valence-corrected chi connectivity index (χ4v) is 1.92. The smallest absolute Gasteiger partial charge is 0.258 e. The van der Waals surface area contributed by atoms with Gasteiger partial charge in [0.05, 0.1) is 24.0 Å². The molecule has 2 aromatic rings. The van der Waals surface area contributed by atoms with E-state index in [-0.39, 0.29) is 12.0 Å². The molecule has 0 saturated heterocycles. The van der Waals surface area contributed by atoms with E-state index in [2.05, 4.69) is 20.6 Å². The molecule has 0 unspecified atom stereocenters. The summed E-state index contributed by atoms with van der Waals surface area (Å²) in [6.45, 7) is 5.02. The molecule has 1 amide bonds. The number of rotatable bonds is 8. The molecule has 1 heterocycles. The van der Waals surface area contributed by atoms with Crippen molar-refractivity contribution in [1.29, 1.82) is 0 Å². The average Bonchev–Trinajstić information content (AvgIpc) is 2.57. The minimum absolute atomic E-state index is 0.0174. The van der Waals surface area contributed by atoms with Crippen molar-refractivity contribution in [2.75, 3.05) is 30.9 Å². The molecule has 0 atom stereocenters. The van der Waals surface area contributed by atoms with Gasteiger partial charge in [-0.1, -0.05) is 12.1 Å². The van der Waals surface area contributed by atoms with Gasteiger partial charge in [0.2, 0.25) is 5.95 Å². The van der Waals surface area contributed by atoms with Gasteiger partial charge in [0.25, 0.3) is 5.91 Å². The van der Waals surface area contributed by atoms with Crippen molar-refractivity contribution in [3.8, 4) is 5.75 Å². The van der Waals surface area contributed by atoms with E-state index in [1.54, 1.807) is 13.2 Å². The monoisotopic (exact) mass is 330 g/mol. The van der Waals surface area contributed by atoms with Crippen LogP contribution in [0.5, 0.6) is 5.75 Å². The Kier molecular flexibility index (Phi) is 6.51. The Morgan fingerprint density at radius 1 is 1.21 bits per heavy atom. The third-order valence-electron chi connectivity index (χ3n) is 3.00. The summed E-state index contributed by atoms with van der Waals surface area (Å²) in [6, 6.07) is 7.30. The second kappa shape index (κ2) is 8.83. The average molecular weight is 330 g/mol. The maximum Gasteiger partial charge on any atom is 0.258 e. The number of benzene rings is 1. The first-order chi connectivity index (χ1) is 11.6. The third kappa shape index (κ3) is 5.20. The Hall–Kier alpha value is -2.67. The van der Waals surface area contributed by atoms with E-state index < -0.39 is 0 Å². The number of methoxy groups -OCH3 is 1. The van der Waals surface area contributed by atoms with E-state index in [0.29, 0.717) is 36.1 Å². The third-order valence-corrected chi connectivity index (χ3v) is 3.00. The molecule has 24 heavy (non-hydrogen) atoms. The zero-order valence-corrected chi connectivity index (χ0v) is 14.1. The lowest BCUT2D eigenvalue weighted by molar-refractivity contribution is 0.102. The van der Waals surface area contributed by atoms with Gasteiger partial charge in [-0.2, -0.15) is 0 Å². The fourth-order valence-electron chi connectivity index (χ4n) is 1.92. The fraction of sp³-hybridized carbons (Fsp3) is 0.353. The van der Waals surface area contributed by atoms with Crippen LogP contribution in [0, 0.1) is 0 Å². The van der Waals surface area contributed by atoms with Gasteiger partial charge in [-0.05, 0) is 26.0 Å². The summed E-state index contributed by atoms with van der Waals surface area (Å²) < 4.78 is 10.6. The number of ether oxygens (including phenoxy) is 2. The molecule has 128 valence electrons. The zero-order chi connectivity index (χ0) is 17.4. The molecular formula is C17H22N4O3. The summed E-state index contributed by atoms with van der Waals surface area (Å²) in [6.07, 6.45) is 2.97. The van der Waals surface area contributed by atoms with Gasteiger partial charge in [0, 0.05) is 26.0 Å². The number of hydrogen-bond acceptors (Lipinski definition) is 6. The molecule has 0 fully saturated rings. The predicted molar refractivity (Wildman–Crippen MR) is 92.6 cm³/mol. The zero-order valence-electron chi connectivity index (χ0n) is 14.1. The van der Waals surface area contributed by atoms with Crippen molar-refractivity contribution >= 4 is 17.5 Å². The van der Waals surface area contributed by atoms with Gasteiger partial charge in [0.1, 0.15) is 5.75 Å². The number of nitrogens with zero attached hydrogens (tertiary/aromatic N) is 2. The van der Waals surface area contributed by atoms with Crippen LogP contribution in [0.15, 0.2) is 36.7 Å². The maximum absolute atomic E-state index is 12.3. The molecular weight excluding hydrogens is 308 g/mol. The molecule has 2 rings (SSSR count). The molecule has 7 nitrogen and oxygen atoms in total. The normalized spacial score (nSPS) is 10.5. The first kappa shape index (κ1) is 17.7. The van der Waals surface area contributed by atoms with E-state index in [9.17, 15) is 4.79 Å². The lowest BCUT2D eigenvalue weighted by Gasteiger charge is -2.14. The Balaban J connectivity index is 2.02. The minimum Gasteiger partial charge on any atom is -0.489 e. The van der Waals surface area contributed by atoms with E-state index in [4.69, 9.17) is 9.47 Å². The number of nitrogens with one attached hydrogen (secondary N) is 2. The van der Waals surface area contributed by atoms with E-state index in [1.165, 1.54) is 12.4 Å². The summed E-state index contributed by atoms with van der Waals surface area (Å²) >= 11 is 0. The van der Waals surface area contributed by atoms with E-state index in [1.807, 2.05) is 32.0 Å². The predicted octanol–water partition coefficient (Wildman–Crippen LogP) is 2.57. The van der Waals surface area contributed by atoms with Crippen LogP contribution in [0.4, 0.5) is 11.6 Å². The highest BCUT2D eigenvalue weighted by molar-refractivity contribution is 6.04. The number of aromatic nitrogens is 2. The van der Waals surface area contributed by atoms with Crippen molar-refractivity contribution in [3.05, 3.63) is 42.2 Å². The van der Waals surface area contributed by atoms with Crippen LogP contribution in [0.1, 0.15) is 24.2 Å². The summed E-state index contributed by atoms with van der Waals surface area (Å²) in [5.41, 5.74) is 0.977. The second-order valence-electron chi connectivity index (χ2n) is 5.33. The van der Waals surface area contributed by atoms with Gasteiger partial charge in [-0.3, -0.25) is 4.79 Å².